The number of hydrogen-bond acceptors (Lipinski definition) is 3. The Morgan fingerprint density at radius 2 is 2.33 bits per heavy atom. The molecular formula is C11H14N2OS. The minimum absolute atomic E-state index is 0.557. The predicted molar refractivity (Wildman–Crippen MR) is 61.0 cm³/mol. The minimum Gasteiger partial charge on any atom is -0.382 e. The van der Waals surface area contributed by atoms with E-state index in [1.54, 1.807) is 17.5 Å². The van der Waals surface area contributed by atoms with Crippen LogP contribution in [-0.2, 0) is 6.54 Å². The molecular weight excluding hydrogens is 208 g/mol. The quantitative estimate of drug-likeness (QED) is 0.865. The van der Waals surface area contributed by atoms with Crippen molar-refractivity contribution in [1.82, 2.24) is 9.78 Å². The Morgan fingerprint density at radius 1 is 1.53 bits per heavy atom. The lowest BCUT2D eigenvalue weighted by Crippen LogP contribution is -2.09. The van der Waals surface area contributed by atoms with Gasteiger partial charge in [-0.25, -0.2) is 0 Å². The summed E-state index contributed by atoms with van der Waals surface area (Å²) in [5, 5.41) is 18.4. The molecule has 2 heterocycles. The van der Waals surface area contributed by atoms with Crippen molar-refractivity contribution in [2.75, 3.05) is 0 Å². The summed E-state index contributed by atoms with van der Waals surface area (Å²) in [6, 6.07) is 1.87. The highest BCUT2D eigenvalue weighted by Crippen LogP contribution is 2.27. The fourth-order valence-electron chi connectivity index (χ4n) is 1.65. The molecule has 0 bridgehead atoms. The highest BCUT2D eigenvalue weighted by atomic mass is 32.1. The van der Waals surface area contributed by atoms with E-state index in [1.807, 2.05) is 35.4 Å². The van der Waals surface area contributed by atoms with Crippen molar-refractivity contribution in [3.63, 3.8) is 0 Å². The fraction of sp³-hybridized carbons (Fsp3) is 0.364. The number of aromatic nitrogens is 2. The van der Waals surface area contributed by atoms with E-state index >= 15 is 0 Å². The van der Waals surface area contributed by atoms with Gasteiger partial charge in [-0.05, 0) is 36.2 Å². The second kappa shape index (κ2) is 4.16. The lowest BCUT2D eigenvalue weighted by molar-refractivity contribution is 0.208. The molecule has 2 rings (SSSR count). The maximum absolute atomic E-state index is 10.2. The summed E-state index contributed by atoms with van der Waals surface area (Å²) in [4.78, 5) is 0. The number of nitrogens with zero attached hydrogens (tertiary/aromatic N) is 2. The van der Waals surface area contributed by atoms with Crippen molar-refractivity contribution < 1.29 is 5.11 Å². The molecule has 0 aliphatic carbocycles. The van der Waals surface area contributed by atoms with E-state index in [2.05, 4.69) is 5.10 Å². The van der Waals surface area contributed by atoms with Gasteiger partial charge in [-0.3, -0.25) is 4.68 Å². The maximum atomic E-state index is 10.2. The van der Waals surface area contributed by atoms with Gasteiger partial charge < -0.3 is 5.11 Å². The third kappa shape index (κ3) is 1.82. The van der Waals surface area contributed by atoms with E-state index in [-0.39, 0.29) is 0 Å². The van der Waals surface area contributed by atoms with Crippen molar-refractivity contribution in [3.8, 4) is 0 Å². The Kier molecular flexibility index (Phi) is 2.88. The molecule has 0 spiro atoms. The summed E-state index contributed by atoms with van der Waals surface area (Å²) in [5.74, 6) is 0. The fourth-order valence-corrected chi connectivity index (χ4v) is 2.52. The van der Waals surface area contributed by atoms with E-state index in [0.29, 0.717) is 0 Å². The van der Waals surface area contributed by atoms with E-state index in [1.165, 1.54) is 0 Å². The number of hydrogen-bond donors (Lipinski definition) is 1. The van der Waals surface area contributed by atoms with Crippen molar-refractivity contribution in [3.05, 3.63) is 39.8 Å². The summed E-state index contributed by atoms with van der Waals surface area (Å²) < 4.78 is 1.82. The zero-order valence-electron chi connectivity index (χ0n) is 8.84. The van der Waals surface area contributed by atoms with Crippen LogP contribution in [0.2, 0.25) is 0 Å². The van der Waals surface area contributed by atoms with Gasteiger partial charge in [0.25, 0.3) is 0 Å². The first-order valence-electron chi connectivity index (χ1n) is 4.96. The molecule has 15 heavy (non-hydrogen) atoms. The third-order valence-electron chi connectivity index (χ3n) is 2.52. The molecule has 1 atom stereocenters. The van der Waals surface area contributed by atoms with E-state index in [4.69, 9.17) is 0 Å². The van der Waals surface area contributed by atoms with Crippen LogP contribution in [0, 0.1) is 6.92 Å². The summed E-state index contributed by atoms with van der Waals surface area (Å²) in [5.41, 5.74) is 2.98. The molecule has 2 aromatic heterocycles. The Labute approximate surface area is 93.0 Å². The van der Waals surface area contributed by atoms with E-state index in [0.717, 1.165) is 23.4 Å². The molecule has 4 heteroatoms. The van der Waals surface area contributed by atoms with Gasteiger partial charge in [-0.1, -0.05) is 0 Å². The van der Waals surface area contributed by atoms with Crippen LogP contribution in [0.1, 0.15) is 29.8 Å². The Morgan fingerprint density at radius 3 is 2.93 bits per heavy atom. The maximum Gasteiger partial charge on any atom is 0.122 e. The number of aliphatic hydroxyl groups is 1. The molecule has 0 saturated carbocycles. The van der Waals surface area contributed by atoms with Crippen LogP contribution >= 0.6 is 11.3 Å². The predicted octanol–water partition coefficient (Wildman–Crippen LogP) is 2.35. The van der Waals surface area contributed by atoms with E-state index in [9.17, 15) is 5.11 Å². The Hall–Kier alpha value is -1.13. The second-order valence-electron chi connectivity index (χ2n) is 3.48. The molecule has 1 unspecified atom stereocenters. The van der Waals surface area contributed by atoms with Crippen LogP contribution in [0.15, 0.2) is 23.0 Å². The van der Waals surface area contributed by atoms with E-state index < -0.39 is 6.10 Å². The Bertz CT molecular complexity index is 447. The smallest absolute Gasteiger partial charge is 0.122 e. The number of thiophene rings is 1. The van der Waals surface area contributed by atoms with Gasteiger partial charge in [0, 0.05) is 18.3 Å². The van der Waals surface area contributed by atoms with Gasteiger partial charge in [0.1, 0.15) is 6.10 Å². The lowest BCUT2D eigenvalue weighted by Gasteiger charge is -2.12. The summed E-state index contributed by atoms with van der Waals surface area (Å²) in [7, 11) is 0. The lowest BCUT2D eigenvalue weighted by atomic mass is 10.1. The SMILES string of the molecule is CCn1nccc1C(O)c1cscc1C. The van der Waals surface area contributed by atoms with Gasteiger partial charge in [0.15, 0.2) is 0 Å². The second-order valence-corrected chi connectivity index (χ2v) is 4.23. The van der Waals surface area contributed by atoms with Gasteiger partial charge >= 0.3 is 0 Å². The first kappa shape index (κ1) is 10.4. The molecule has 0 saturated heterocycles. The molecule has 80 valence electrons. The zero-order valence-corrected chi connectivity index (χ0v) is 9.66. The monoisotopic (exact) mass is 222 g/mol. The molecule has 1 N–H and O–H groups in total. The van der Waals surface area contributed by atoms with Crippen LogP contribution in [0.5, 0.6) is 0 Å². The number of rotatable bonds is 3. The standard InChI is InChI=1S/C11H14N2OS/c1-3-13-10(4-5-12-13)11(14)9-7-15-6-8(9)2/h4-7,11,14H,3H2,1-2H3. The van der Waals surface area contributed by atoms with Crippen molar-refractivity contribution in [1.29, 1.82) is 0 Å². The first-order chi connectivity index (χ1) is 7.24. The van der Waals surface area contributed by atoms with Crippen molar-refractivity contribution in [2.24, 2.45) is 0 Å². The molecule has 0 fully saturated rings. The van der Waals surface area contributed by atoms with Crippen LogP contribution in [0.3, 0.4) is 0 Å². The Balaban J connectivity index is 2.36. The highest BCUT2D eigenvalue weighted by molar-refractivity contribution is 7.08. The molecule has 0 aliphatic rings. The molecule has 0 aromatic carbocycles. The molecule has 0 radical (unpaired) electrons. The highest BCUT2D eigenvalue weighted by Gasteiger charge is 2.16. The molecule has 3 nitrogen and oxygen atoms in total. The largest absolute Gasteiger partial charge is 0.382 e. The van der Waals surface area contributed by atoms with Crippen molar-refractivity contribution in [2.45, 2.75) is 26.5 Å². The normalized spacial score (nSPS) is 13.0. The minimum atomic E-state index is -0.557. The summed E-state index contributed by atoms with van der Waals surface area (Å²) >= 11 is 1.62. The van der Waals surface area contributed by atoms with Gasteiger partial charge in [0.05, 0.1) is 5.69 Å². The summed E-state index contributed by atoms with van der Waals surface area (Å²) in [6.07, 6.45) is 1.17. The molecule has 2 aromatic rings. The average Bonchev–Trinajstić information content (AvgIpc) is 2.84. The van der Waals surface area contributed by atoms with Gasteiger partial charge in [0.2, 0.25) is 0 Å². The van der Waals surface area contributed by atoms with Crippen LogP contribution in [0.25, 0.3) is 0 Å². The van der Waals surface area contributed by atoms with Crippen LogP contribution in [-0.4, -0.2) is 14.9 Å². The van der Waals surface area contributed by atoms with Crippen LogP contribution < -0.4 is 0 Å². The van der Waals surface area contributed by atoms with Crippen molar-refractivity contribution >= 4 is 11.3 Å². The first-order valence-corrected chi connectivity index (χ1v) is 5.90. The topological polar surface area (TPSA) is 38.0 Å². The third-order valence-corrected chi connectivity index (χ3v) is 3.40. The van der Waals surface area contributed by atoms with Crippen LogP contribution in [0.4, 0.5) is 0 Å². The number of aliphatic hydroxyl groups excluding tert-OH is 1. The number of aryl methyl sites for hydroxylation is 2. The summed E-state index contributed by atoms with van der Waals surface area (Å²) in [6.45, 7) is 4.81. The molecule has 0 aliphatic heterocycles. The van der Waals surface area contributed by atoms with Gasteiger partial charge in [-0.2, -0.15) is 16.4 Å². The average molecular weight is 222 g/mol. The van der Waals surface area contributed by atoms with Gasteiger partial charge in [-0.15, -0.1) is 0 Å². The molecule has 0 amide bonds. The zero-order chi connectivity index (χ0) is 10.8.